The van der Waals surface area contributed by atoms with Crippen molar-refractivity contribution in [3.63, 3.8) is 0 Å². The van der Waals surface area contributed by atoms with Crippen LogP contribution in [0, 0.1) is 17.8 Å². The van der Waals surface area contributed by atoms with E-state index in [4.69, 9.17) is 28.2 Å². The average Bonchev–Trinajstić information content (AvgIpc) is 3.10. The molecule has 1 unspecified atom stereocenters. The minimum Gasteiger partial charge on any atom is -0.341 e. The highest BCUT2D eigenvalue weighted by atomic mass is 35.5. The lowest BCUT2D eigenvalue weighted by molar-refractivity contribution is 0.673. The molecule has 5 nitrogen and oxygen atoms in total. The summed E-state index contributed by atoms with van der Waals surface area (Å²) < 4.78 is 2.08. The number of halogens is 2. The molecule has 5 rings (SSSR count). The van der Waals surface area contributed by atoms with E-state index >= 15 is 0 Å². The van der Waals surface area contributed by atoms with Gasteiger partial charge >= 0.3 is 0 Å². The first-order valence-electron chi connectivity index (χ1n) is 8.90. The van der Waals surface area contributed by atoms with Gasteiger partial charge in [-0.05, 0) is 36.9 Å². The van der Waals surface area contributed by atoms with Crippen LogP contribution in [0.2, 0.25) is 10.0 Å². The average molecular weight is 422 g/mol. The third-order valence-electron chi connectivity index (χ3n) is 5.41. The number of nitrogens with two attached hydrogens (primary N) is 1. The van der Waals surface area contributed by atoms with Crippen LogP contribution in [0.15, 0.2) is 46.6 Å². The molecule has 3 heterocycles. The van der Waals surface area contributed by atoms with E-state index in [1.807, 2.05) is 30.7 Å². The Hall–Kier alpha value is -1.47. The van der Waals surface area contributed by atoms with Crippen LogP contribution >= 0.6 is 35.0 Å². The van der Waals surface area contributed by atoms with Gasteiger partial charge in [0.15, 0.2) is 5.65 Å². The normalized spacial score (nSPS) is 23.1. The number of rotatable bonds is 3. The van der Waals surface area contributed by atoms with Gasteiger partial charge in [-0.25, -0.2) is 9.97 Å². The number of hydrogen-bond donors (Lipinski definition) is 1. The molecule has 27 heavy (non-hydrogen) atoms. The summed E-state index contributed by atoms with van der Waals surface area (Å²) >= 11 is 14.0. The molecule has 1 aliphatic carbocycles. The van der Waals surface area contributed by atoms with Crippen molar-refractivity contribution in [3.8, 4) is 0 Å². The van der Waals surface area contributed by atoms with Gasteiger partial charge < -0.3 is 10.6 Å². The molecule has 1 saturated carbocycles. The van der Waals surface area contributed by atoms with Crippen molar-refractivity contribution in [1.29, 1.82) is 0 Å². The largest absolute Gasteiger partial charge is 0.341 e. The fourth-order valence-electron chi connectivity index (χ4n) is 3.86. The Morgan fingerprint density at radius 2 is 1.85 bits per heavy atom. The first kappa shape index (κ1) is 18.9. The summed E-state index contributed by atoms with van der Waals surface area (Å²) in [6.45, 7) is 4.54. The molecule has 1 aromatic carbocycles. The molecule has 2 aliphatic rings. The smallest absolute Gasteiger partial charge is 0.211 e. The number of nitrogens with zero attached hydrogens (tertiary/aromatic N) is 4. The molecule has 142 valence electrons. The fraction of sp³-hybridized carbons (Fsp3) is 0.368. The monoisotopic (exact) mass is 421 g/mol. The minimum absolute atomic E-state index is 0.557. The standard InChI is InChI=1S/C18H16Cl2N4S.CH5N/c1-10-11-8-23(9-12(10)11)18-22-7-15(17-21-5-6-24(17)18)25-14-4-2-3-13(19)16(14)20;1-2/h2-7,10-12H,8-9H2,1H3;2H2,1H3/t10?,11-,12+;. The van der Waals surface area contributed by atoms with Crippen molar-refractivity contribution in [1.82, 2.24) is 14.4 Å². The van der Waals surface area contributed by atoms with Gasteiger partial charge in [0.2, 0.25) is 5.95 Å². The number of aromatic nitrogens is 3. The maximum Gasteiger partial charge on any atom is 0.211 e. The molecule has 2 fully saturated rings. The van der Waals surface area contributed by atoms with E-state index in [9.17, 15) is 0 Å². The second-order valence-electron chi connectivity index (χ2n) is 6.79. The van der Waals surface area contributed by atoms with Crippen LogP contribution in [-0.2, 0) is 0 Å². The first-order valence-corrected chi connectivity index (χ1v) is 10.5. The van der Waals surface area contributed by atoms with Gasteiger partial charge in [-0.2, -0.15) is 0 Å². The summed E-state index contributed by atoms with van der Waals surface area (Å²) in [7, 11) is 1.50. The Morgan fingerprint density at radius 3 is 2.59 bits per heavy atom. The Bertz CT molecular complexity index is 964. The van der Waals surface area contributed by atoms with Crippen molar-refractivity contribution in [3.05, 3.63) is 46.8 Å². The first-order chi connectivity index (χ1) is 13.1. The lowest BCUT2D eigenvalue weighted by Gasteiger charge is -2.21. The van der Waals surface area contributed by atoms with Crippen LogP contribution in [-0.4, -0.2) is 34.5 Å². The van der Waals surface area contributed by atoms with E-state index in [2.05, 4.69) is 26.9 Å². The quantitative estimate of drug-likeness (QED) is 0.675. The van der Waals surface area contributed by atoms with E-state index in [0.29, 0.717) is 10.0 Å². The second kappa shape index (κ2) is 7.51. The topological polar surface area (TPSA) is 59.5 Å². The molecule has 2 aromatic heterocycles. The molecular weight excluding hydrogens is 401 g/mol. The van der Waals surface area contributed by atoms with Crippen molar-refractivity contribution in [2.24, 2.45) is 23.5 Å². The van der Waals surface area contributed by atoms with E-state index in [0.717, 1.165) is 52.2 Å². The van der Waals surface area contributed by atoms with Crippen LogP contribution in [0.25, 0.3) is 5.65 Å². The summed E-state index contributed by atoms with van der Waals surface area (Å²) in [5, 5.41) is 1.12. The highest BCUT2D eigenvalue weighted by Gasteiger charge is 2.53. The molecule has 0 amide bonds. The molecule has 8 heteroatoms. The number of benzene rings is 1. The molecule has 0 bridgehead atoms. The van der Waals surface area contributed by atoms with Crippen LogP contribution in [0.1, 0.15) is 6.92 Å². The third-order valence-corrected chi connectivity index (χ3v) is 7.41. The molecule has 0 spiro atoms. The van der Waals surface area contributed by atoms with E-state index in [1.54, 1.807) is 17.8 Å². The van der Waals surface area contributed by atoms with Crippen molar-refractivity contribution in [2.75, 3.05) is 25.0 Å². The number of piperidine rings is 1. The maximum absolute atomic E-state index is 6.33. The summed E-state index contributed by atoms with van der Waals surface area (Å²) in [6, 6.07) is 5.65. The van der Waals surface area contributed by atoms with Crippen LogP contribution < -0.4 is 10.6 Å². The van der Waals surface area contributed by atoms with Crippen molar-refractivity contribution < 1.29 is 0 Å². The van der Waals surface area contributed by atoms with Gasteiger partial charge in [0, 0.05) is 36.6 Å². The lowest BCUT2D eigenvalue weighted by Crippen LogP contribution is -2.26. The summed E-state index contributed by atoms with van der Waals surface area (Å²) in [4.78, 5) is 13.5. The molecular formula is C19H21Cl2N5S. The van der Waals surface area contributed by atoms with E-state index in [-0.39, 0.29) is 0 Å². The fourth-order valence-corrected chi connectivity index (χ4v) is 5.26. The molecule has 0 radical (unpaired) electrons. The highest BCUT2D eigenvalue weighted by molar-refractivity contribution is 7.99. The van der Waals surface area contributed by atoms with Gasteiger partial charge in [-0.3, -0.25) is 4.40 Å². The number of fused-ring (bicyclic) bond motifs is 2. The SMILES string of the molecule is CC1[C@H]2CN(c3ncc(Sc4cccc(Cl)c4Cl)c4nccn34)C[C@@H]12.CN. The second-order valence-corrected chi connectivity index (χ2v) is 8.66. The lowest BCUT2D eigenvalue weighted by atomic mass is 10.3. The summed E-state index contributed by atoms with van der Waals surface area (Å²) in [5.74, 6) is 3.52. The van der Waals surface area contributed by atoms with Gasteiger partial charge in [0.1, 0.15) is 0 Å². The number of imidazole rings is 1. The van der Waals surface area contributed by atoms with Crippen LogP contribution in [0.5, 0.6) is 0 Å². The Balaban J connectivity index is 0.000000872. The number of anilines is 1. The minimum atomic E-state index is 0.557. The van der Waals surface area contributed by atoms with Gasteiger partial charge in [0.25, 0.3) is 0 Å². The molecule has 3 aromatic rings. The van der Waals surface area contributed by atoms with Crippen molar-refractivity contribution in [2.45, 2.75) is 16.7 Å². The summed E-state index contributed by atoms with van der Waals surface area (Å²) in [6.07, 6.45) is 5.70. The summed E-state index contributed by atoms with van der Waals surface area (Å²) in [5.41, 5.74) is 5.40. The van der Waals surface area contributed by atoms with Gasteiger partial charge in [0.05, 0.1) is 14.9 Å². The van der Waals surface area contributed by atoms with Gasteiger partial charge in [-0.1, -0.05) is 48.0 Å². The Morgan fingerprint density at radius 1 is 1.11 bits per heavy atom. The zero-order chi connectivity index (χ0) is 19.1. The van der Waals surface area contributed by atoms with E-state index in [1.165, 1.54) is 7.05 Å². The Labute approximate surface area is 172 Å². The zero-order valence-electron chi connectivity index (χ0n) is 15.1. The highest BCUT2D eigenvalue weighted by Crippen LogP contribution is 2.52. The van der Waals surface area contributed by atoms with Gasteiger partial charge in [-0.15, -0.1) is 0 Å². The molecule has 1 saturated heterocycles. The van der Waals surface area contributed by atoms with Crippen LogP contribution in [0.4, 0.5) is 5.95 Å². The predicted molar refractivity (Wildman–Crippen MR) is 112 cm³/mol. The molecule has 1 aliphatic heterocycles. The Kier molecular flexibility index (Phi) is 5.25. The van der Waals surface area contributed by atoms with E-state index < -0.39 is 0 Å². The zero-order valence-corrected chi connectivity index (χ0v) is 17.5. The molecule has 3 atom stereocenters. The van der Waals surface area contributed by atoms with Crippen LogP contribution in [0.3, 0.4) is 0 Å². The third kappa shape index (κ3) is 3.29. The van der Waals surface area contributed by atoms with Crippen molar-refractivity contribution >= 4 is 46.6 Å². The maximum atomic E-state index is 6.33. The number of hydrogen-bond acceptors (Lipinski definition) is 5. The molecule has 2 N–H and O–H groups in total. The predicted octanol–water partition coefficient (Wildman–Crippen LogP) is 4.46.